The number of carbonyl (C=O) groups is 2. The highest BCUT2D eigenvalue weighted by atomic mass is 35.5. The number of aromatic nitrogens is 2. The van der Waals surface area contributed by atoms with Crippen LogP contribution in [0.2, 0.25) is 5.02 Å². The first-order valence-electron chi connectivity index (χ1n) is 8.98. The van der Waals surface area contributed by atoms with Crippen LogP contribution in [0.3, 0.4) is 0 Å². The number of hydrogen-bond acceptors (Lipinski definition) is 4. The summed E-state index contributed by atoms with van der Waals surface area (Å²) in [6.45, 7) is -0.389. The van der Waals surface area contributed by atoms with Crippen LogP contribution >= 0.6 is 11.6 Å². The van der Waals surface area contributed by atoms with Crippen LogP contribution in [0.5, 0.6) is 0 Å². The Morgan fingerprint density at radius 2 is 1.82 bits per heavy atom. The van der Waals surface area contributed by atoms with Crippen molar-refractivity contribution in [3.63, 3.8) is 0 Å². The maximum Gasteiger partial charge on any atom is 0.338 e. The van der Waals surface area contributed by atoms with Gasteiger partial charge in [0.2, 0.25) is 0 Å². The smallest absolute Gasteiger partial charge is 0.338 e. The molecule has 0 aliphatic heterocycles. The molecule has 7 heteroatoms. The molecule has 1 amide bonds. The first-order chi connectivity index (χ1) is 13.6. The van der Waals surface area contributed by atoms with Crippen LogP contribution in [0.4, 0.5) is 5.82 Å². The van der Waals surface area contributed by atoms with Gasteiger partial charge in [0.05, 0.1) is 16.9 Å². The van der Waals surface area contributed by atoms with Crippen molar-refractivity contribution in [1.29, 1.82) is 0 Å². The van der Waals surface area contributed by atoms with E-state index in [1.54, 1.807) is 28.9 Å². The third-order valence-electron chi connectivity index (χ3n) is 4.41. The van der Waals surface area contributed by atoms with Crippen molar-refractivity contribution in [1.82, 2.24) is 9.78 Å². The van der Waals surface area contributed by atoms with Crippen molar-refractivity contribution in [2.45, 2.75) is 18.8 Å². The molecule has 6 nitrogen and oxygen atoms in total. The van der Waals surface area contributed by atoms with Gasteiger partial charge in [-0.3, -0.25) is 4.79 Å². The van der Waals surface area contributed by atoms with Gasteiger partial charge >= 0.3 is 5.97 Å². The Balaban J connectivity index is 1.44. The lowest BCUT2D eigenvalue weighted by atomic mass is 10.2. The number of benzene rings is 2. The van der Waals surface area contributed by atoms with E-state index in [9.17, 15) is 9.59 Å². The average Bonchev–Trinajstić information content (AvgIpc) is 3.48. The zero-order valence-corrected chi connectivity index (χ0v) is 15.7. The van der Waals surface area contributed by atoms with Crippen LogP contribution in [0.15, 0.2) is 60.7 Å². The van der Waals surface area contributed by atoms with Crippen LogP contribution in [0.1, 0.15) is 34.8 Å². The third-order valence-corrected chi connectivity index (χ3v) is 4.66. The quantitative estimate of drug-likeness (QED) is 0.635. The summed E-state index contributed by atoms with van der Waals surface area (Å²) in [6, 6.07) is 17.7. The minimum atomic E-state index is -0.581. The Labute approximate surface area is 167 Å². The van der Waals surface area contributed by atoms with E-state index in [2.05, 4.69) is 10.4 Å². The molecular weight excluding hydrogens is 378 g/mol. The highest BCUT2D eigenvalue weighted by Gasteiger charge is 2.28. The lowest BCUT2D eigenvalue weighted by Gasteiger charge is -2.09. The zero-order chi connectivity index (χ0) is 19.5. The summed E-state index contributed by atoms with van der Waals surface area (Å²) >= 11 is 5.80. The lowest BCUT2D eigenvalue weighted by Crippen LogP contribution is -2.22. The number of anilines is 1. The summed E-state index contributed by atoms with van der Waals surface area (Å²) in [5.74, 6) is -0.00668. The first kappa shape index (κ1) is 18.3. The number of amides is 1. The van der Waals surface area contributed by atoms with Gasteiger partial charge in [-0.15, -0.1) is 0 Å². The summed E-state index contributed by atoms with van der Waals surface area (Å²) in [4.78, 5) is 24.4. The topological polar surface area (TPSA) is 73.2 Å². The van der Waals surface area contributed by atoms with E-state index in [0.29, 0.717) is 22.3 Å². The van der Waals surface area contributed by atoms with Crippen LogP contribution in [-0.4, -0.2) is 28.3 Å². The first-order valence-corrected chi connectivity index (χ1v) is 9.36. The highest BCUT2D eigenvalue weighted by Crippen LogP contribution is 2.40. The molecule has 0 atom stereocenters. The SMILES string of the molecule is O=C(COC(=O)c1ccc(Cl)cc1)Nc1cc(C2CC2)nn1-c1ccccc1. The van der Waals surface area contributed by atoms with Crippen LogP contribution < -0.4 is 5.32 Å². The number of esters is 1. The van der Waals surface area contributed by atoms with Gasteiger partial charge in [0, 0.05) is 17.0 Å². The molecule has 1 saturated carbocycles. The fourth-order valence-corrected chi connectivity index (χ4v) is 2.94. The molecule has 1 aliphatic carbocycles. The van der Waals surface area contributed by atoms with Gasteiger partial charge in [-0.1, -0.05) is 29.8 Å². The fraction of sp³-hybridized carbons (Fsp3) is 0.190. The minimum Gasteiger partial charge on any atom is -0.452 e. The molecule has 0 bridgehead atoms. The minimum absolute atomic E-state index is 0.336. The van der Waals surface area contributed by atoms with Crippen LogP contribution in [0, 0.1) is 0 Å². The third kappa shape index (κ3) is 4.23. The van der Waals surface area contributed by atoms with Crippen molar-refractivity contribution in [2.24, 2.45) is 0 Å². The molecule has 0 saturated heterocycles. The standard InChI is InChI=1S/C21H18ClN3O3/c22-16-10-8-15(9-11-16)21(27)28-13-20(26)23-19-12-18(14-6-7-14)24-25(19)17-4-2-1-3-5-17/h1-5,8-12,14H,6-7,13H2,(H,23,26). The predicted molar refractivity (Wildman–Crippen MR) is 106 cm³/mol. The molecule has 1 heterocycles. The van der Waals surface area contributed by atoms with Gasteiger partial charge in [-0.25, -0.2) is 9.48 Å². The van der Waals surface area contributed by atoms with Gasteiger partial charge in [0.1, 0.15) is 5.82 Å². The van der Waals surface area contributed by atoms with E-state index < -0.39 is 11.9 Å². The van der Waals surface area contributed by atoms with Crippen LogP contribution in [0.25, 0.3) is 5.69 Å². The molecule has 3 aromatic rings. The molecule has 1 N–H and O–H groups in total. The molecule has 4 rings (SSSR count). The van der Waals surface area contributed by atoms with E-state index in [-0.39, 0.29) is 6.61 Å². The molecule has 0 radical (unpaired) electrons. The average molecular weight is 396 g/mol. The molecule has 2 aromatic carbocycles. The maximum absolute atomic E-state index is 12.3. The monoisotopic (exact) mass is 395 g/mol. The summed E-state index contributed by atoms with van der Waals surface area (Å²) in [5.41, 5.74) is 2.14. The molecule has 1 aliphatic rings. The van der Waals surface area contributed by atoms with Crippen LogP contribution in [-0.2, 0) is 9.53 Å². The highest BCUT2D eigenvalue weighted by molar-refractivity contribution is 6.30. The maximum atomic E-state index is 12.3. The lowest BCUT2D eigenvalue weighted by molar-refractivity contribution is -0.119. The Morgan fingerprint density at radius 1 is 1.11 bits per heavy atom. The molecule has 1 aromatic heterocycles. The Hall–Kier alpha value is -3.12. The number of para-hydroxylation sites is 1. The summed E-state index contributed by atoms with van der Waals surface area (Å²) in [5, 5.41) is 7.94. The molecule has 0 spiro atoms. The van der Waals surface area contributed by atoms with Gasteiger partial charge < -0.3 is 10.1 Å². The Morgan fingerprint density at radius 3 is 2.50 bits per heavy atom. The summed E-state index contributed by atoms with van der Waals surface area (Å²) in [6.07, 6.45) is 2.22. The molecule has 28 heavy (non-hydrogen) atoms. The normalized spacial score (nSPS) is 13.2. The van der Waals surface area contributed by atoms with Crippen molar-refractivity contribution >= 4 is 29.3 Å². The van der Waals surface area contributed by atoms with E-state index in [4.69, 9.17) is 16.3 Å². The van der Waals surface area contributed by atoms with Gasteiger partial charge in [0.25, 0.3) is 5.91 Å². The number of hydrogen-bond donors (Lipinski definition) is 1. The fourth-order valence-electron chi connectivity index (χ4n) is 2.81. The molecule has 142 valence electrons. The van der Waals surface area contributed by atoms with E-state index in [1.807, 2.05) is 36.4 Å². The second-order valence-corrected chi connectivity index (χ2v) is 7.04. The molecule has 0 unspecified atom stereocenters. The van der Waals surface area contributed by atoms with Crippen molar-refractivity contribution < 1.29 is 14.3 Å². The molecule has 1 fully saturated rings. The second kappa shape index (κ2) is 7.86. The van der Waals surface area contributed by atoms with Gasteiger partial charge in [0.15, 0.2) is 6.61 Å². The van der Waals surface area contributed by atoms with Gasteiger partial charge in [-0.2, -0.15) is 5.10 Å². The number of rotatable bonds is 6. The van der Waals surface area contributed by atoms with Crippen molar-refractivity contribution in [3.05, 3.63) is 76.9 Å². The Kier molecular flexibility index (Phi) is 5.12. The summed E-state index contributed by atoms with van der Waals surface area (Å²) < 4.78 is 6.79. The van der Waals surface area contributed by atoms with Crippen molar-refractivity contribution in [2.75, 3.05) is 11.9 Å². The van der Waals surface area contributed by atoms with E-state index in [0.717, 1.165) is 24.2 Å². The number of nitrogens with zero attached hydrogens (tertiary/aromatic N) is 2. The predicted octanol–water partition coefficient (Wildman–Crippen LogP) is 4.20. The van der Waals surface area contributed by atoms with E-state index >= 15 is 0 Å². The largest absolute Gasteiger partial charge is 0.452 e. The van der Waals surface area contributed by atoms with Crippen molar-refractivity contribution in [3.8, 4) is 5.69 Å². The number of carbonyl (C=O) groups excluding carboxylic acids is 2. The zero-order valence-electron chi connectivity index (χ0n) is 15.0. The number of nitrogens with one attached hydrogen (secondary N) is 1. The number of ether oxygens (including phenoxy) is 1. The second-order valence-electron chi connectivity index (χ2n) is 6.61. The Bertz CT molecular complexity index is 995. The van der Waals surface area contributed by atoms with E-state index in [1.165, 1.54) is 0 Å². The molecular formula is C21H18ClN3O3. The van der Waals surface area contributed by atoms with Gasteiger partial charge in [-0.05, 0) is 49.2 Å². The number of halogens is 1. The summed E-state index contributed by atoms with van der Waals surface area (Å²) in [7, 11) is 0.